The van der Waals surface area contributed by atoms with Gasteiger partial charge in [-0.15, -0.1) is 0 Å². The fourth-order valence-corrected chi connectivity index (χ4v) is 2.31. The summed E-state index contributed by atoms with van der Waals surface area (Å²) in [6.45, 7) is 13.3. The third-order valence-corrected chi connectivity index (χ3v) is 4.14. The van der Waals surface area contributed by atoms with E-state index in [1.165, 1.54) is 7.11 Å². The monoisotopic (exact) mass is 228 g/mol. The van der Waals surface area contributed by atoms with Gasteiger partial charge in [-0.05, 0) is 23.2 Å². The van der Waals surface area contributed by atoms with Crippen molar-refractivity contribution in [1.29, 1.82) is 0 Å². The van der Waals surface area contributed by atoms with Crippen molar-refractivity contribution in [1.82, 2.24) is 0 Å². The summed E-state index contributed by atoms with van der Waals surface area (Å²) in [5.74, 6) is 0.505. The first-order valence-corrected chi connectivity index (χ1v) is 6.25. The van der Waals surface area contributed by atoms with Crippen LogP contribution in [0, 0.1) is 16.7 Å². The summed E-state index contributed by atoms with van der Waals surface area (Å²) in [5.41, 5.74) is 0.175. The highest BCUT2D eigenvalue weighted by molar-refractivity contribution is 5.70. The second-order valence-electron chi connectivity index (χ2n) is 6.15. The topological polar surface area (TPSA) is 26.3 Å². The molecule has 0 radical (unpaired) electrons. The van der Waals surface area contributed by atoms with Gasteiger partial charge >= 0.3 is 5.97 Å². The predicted octanol–water partition coefficient (Wildman–Crippen LogP) is 4.04. The molecule has 0 saturated heterocycles. The Kier molecular flexibility index (Phi) is 5.51. The normalized spacial score (nSPS) is 16.0. The van der Waals surface area contributed by atoms with Crippen LogP contribution in [0.25, 0.3) is 0 Å². The van der Waals surface area contributed by atoms with Gasteiger partial charge in [0.1, 0.15) is 0 Å². The van der Waals surface area contributed by atoms with E-state index in [1.54, 1.807) is 0 Å². The lowest BCUT2D eigenvalue weighted by Gasteiger charge is -2.44. The van der Waals surface area contributed by atoms with Gasteiger partial charge in [-0.25, -0.2) is 0 Å². The Hall–Kier alpha value is -0.530. The number of carbonyl (C=O) groups excluding carboxylic acids is 1. The van der Waals surface area contributed by atoms with Gasteiger partial charge in [0.25, 0.3) is 0 Å². The molecule has 1 atom stereocenters. The number of ether oxygens (including phenoxy) is 1. The third kappa shape index (κ3) is 3.80. The molecule has 1 unspecified atom stereocenters. The van der Waals surface area contributed by atoms with Crippen LogP contribution in [0.4, 0.5) is 0 Å². The van der Waals surface area contributed by atoms with Crippen LogP contribution in [-0.2, 0) is 9.53 Å². The van der Waals surface area contributed by atoms with Gasteiger partial charge in [0, 0.05) is 0 Å². The smallest absolute Gasteiger partial charge is 0.306 e. The molecule has 16 heavy (non-hydrogen) atoms. The summed E-state index contributed by atoms with van der Waals surface area (Å²) in [6, 6.07) is 0. The van der Waals surface area contributed by atoms with Crippen LogP contribution in [0.1, 0.15) is 60.8 Å². The highest BCUT2D eigenvalue weighted by atomic mass is 16.5. The second kappa shape index (κ2) is 5.70. The summed E-state index contributed by atoms with van der Waals surface area (Å²) >= 11 is 0. The lowest BCUT2D eigenvalue weighted by molar-refractivity contribution is -0.146. The first-order chi connectivity index (χ1) is 7.18. The molecule has 0 aromatic rings. The number of rotatable bonds is 6. The van der Waals surface area contributed by atoms with E-state index in [4.69, 9.17) is 4.74 Å². The lowest BCUT2D eigenvalue weighted by Crippen LogP contribution is -2.38. The van der Waals surface area contributed by atoms with Crippen LogP contribution in [0.3, 0.4) is 0 Å². The van der Waals surface area contributed by atoms with Gasteiger partial charge in [-0.3, -0.25) is 4.79 Å². The highest BCUT2D eigenvalue weighted by Crippen LogP contribution is 2.48. The molecule has 0 aliphatic carbocycles. The van der Waals surface area contributed by atoms with Crippen molar-refractivity contribution in [2.45, 2.75) is 60.8 Å². The van der Waals surface area contributed by atoms with Gasteiger partial charge in [0.05, 0.1) is 13.5 Å². The van der Waals surface area contributed by atoms with Crippen LogP contribution in [0.2, 0.25) is 0 Å². The Morgan fingerprint density at radius 2 is 1.75 bits per heavy atom. The molecule has 0 heterocycles. The maximum Gasteiger partial charge on any atom is 0.306 e. The number of carbonyl (C=O) groups is 1. The first-order valence-electron chi connectivity index (χ1n) is 6.25. The fraction of sp³-hybridized carbons (Fsp3) is 0.929. The Balaban J connectivity index is 4.95. The minimum absolute atomic E-state index is 0.0169. The Morgan fingerprint density at radius 3 is 2.06 bits per heavy atom. The molecule has 2 nitrogen and oxygen atoms in total. The maximum atomic E-state index is 11.5. The number of hydrogen-bond acceptors (Lipinski definition) is 2. The predicted molar refractivity (Wildman–Crippen MR) is 68.3 cm³/mol. The third-order valence-electron chi connectivity index (χ3n) is 4.14. The van der Waals surface area contributed by atoms with Crippen molar-refractivity contribution in [2.24, 2.45) is 16.7 Å². The fourth-order valence-electron chi connectivity index (χ4n) is 2.31. The molecule has 0 aliphatic heterocycles. The van der Waals surface area contributed by atoms with E-state index in [1.807, 2.05) is 0 Å². The largest absolute Gasteiger partial charge is 0.469 e. The molecular formula is C14H28O2. The highest BCUT2D eigenvalue weighted by Gasteiger charge is 2.41. The summed E-state index contributed by atoms with van der Waals surface area (Å²) in [6.07, 6.45) is 2.65. The molecule has 96 valence electrons. The van der Waals surface area contributed by atoms with Crippen molar-refractivity contribution in [2.75, 3.05) is 7.11 Å². The first kappa shape index (κ1) is 15.5. The van der Waals surface area contributed by atoms with E-state index in [2.05, 4.69) is 41.5 Å². The van der Waals surface area contributed by atoms with Gasteiger partial charge < -0.3 is 4.74 Å². The average Bonchev–Trinajstić information content (AvgIpc) is 2.15. The summed E-state index contributed by atoms with van der Waals surface area (Å²) in [5, 5.41) is 0. The molecule has 0 saturated carbocycles. The van der Waals surface area contributed by atoms with E-state index in [-0.39, 0.29) is 16.8 Å². The number of esters is 1. The lowest BCUT2D eigenvalue weighted by atomic mass is 9.60. The summed E-state index contributed by atoms with van der Waals surface area (Å²) in [4.78, 5) is 11.5. The maximum absolute atomic E-state index is 11.5. The van der Waals surface area contributed by atoms with Crippen molar-refractivity contribution in [3.05, 3.63) is 0 Å². The molecule has 0 spiro atoms. The van der Waals surface area contributed by atoms with Crippen LogP contribution in [0.5, 0.6) is 0 Å². The SMILES string of the molecule is CCC(C)(C)C(C)(CC(=O)OC)CC(C)C. The summed E-state index contributed by atoms with van der Waals surface area (Å²) in [7, 11) is 1.47. The summed E-state index contributed by atoms with van der Waals surface area (Å²) < 4.78 is 4.83. The van der Waals surface area contributed by atoms with Gasteiger partial charge in [0.15, 0.2) is 0 Å². The van der Waals surface area contributed by atoms with Crippen LogP contribution in [-0.4, -0.2) is 13.1 Å². The second-order valence-corrected chi connectivity index (χ2v) is 6.15. The molecule has 0 fully saturated rings. The van der Waals surface area contributed by atoms with Crippen LogP contribution >= 0.6 is 0 Å². The van der Waals surface area contributed by atoms with E-state index in [0.717, 1.165) is 12.8 Å². The van der Waals surface area contributed by atoms with E-state index >= 15 is 0 Å². The molecular weight excluding hydrogens is 200 g/mol. The average molecular weight is 228 g/mol. The molecule has 0 aromatic carbocycles. The minimum Gasteiger partial charge on any atom is -0.469 e. The molecule has 0 amide bonds. The standard InChI is InChI=1S/C14H28O2/c1-8-13(4,5)14(6,9-11(2)3)10-12(15)16-7/h11H,8-10H2,1-7H3. The quantitative estimate of drug-likeness (QED) is 0.641. The number of hydrogen-bond donors (Lipinski definition) is 0. The molecule has 0 N–H and O–H groups in total. The van der Waals surface area contributed by atoms with Crippen LogP contribution in [0.15, 0.2) is 0 Å². The zero-order valence-corrected chi connectivity index (χ0v) is 12.0. The Morgan fingerprint density at radius 1 is 1.25 bits per heavy atom. The van der Waals surface area contributed by atoms with Gasteiger partial charge in [-0.2, -0.15) is 0 Å². The molecule has 0 rings (SSSR count). The Labute approximate surface area is 101 Å². The van der Waals surface area contributed by atoms with E-state index < -0.39 is 0 Å². The molecule has 2 heteroatoms. The van der Waals surface area contributed by atoms with Crippen molar-refractivity contribution in [3.63, 3.8) is 0 Å². The van der Waals surface area contributed by atoms with Crippen LogP contribution < -0.4 is 0 Å². The van der Waals surface area contributed by atoms with Gasteiger partial charge in [-0.1, -0.05) is 48.0 Å². The van der Waals surface area contributed by atoms with Crippen molar-refractivity contribution >= 4 is 5.97 Å². The molecule has 0 aromatic heterocycles. The number of methoxy groups -OCH3 is 1. The van der Waals surface area contributed by atoms with E-state index in [0.29, 0.717) is 12.3 Å². The zero-order valence-electron chi connectivity index (χ0n) is 12.0. The van der Waals surface area contributed by atoms with Crippen molar-refractivity contribution < 1.29 is 9.53 Å². The van der Waals surface area contributed by atoms with Gasteiger partial charge in [0.2, 0.25) is 0 Å². The van der Waals surface area contributed by atoms with Crippen molar-refractivity contribution in [3.8, 4) is 0 Å². The molecule has 0 aliphatic rings. The van der Waals surface area contributed by atoms with E-state index in [9.17, 15) is 4.79 Å². The Bertz CT molecular complexity index is 231. The molecule has 0 bridgehead atoms. The zero-order chi connectivity index (χ0) is 13.0. The minimum atomic E-state index is -0.0929.